The third-order valence-corrected chi connectivity index (χ3v) is 25.9. The van der Waals surface area contributed by atoms with Crippen molar-refractivity contribution in [2.45, 2.75) is 382 Å². The Labute approximate surface area is 784 Å². The minimum Gasteiger partial charge on any atom is -0.394 e. The summed E-state index contributed by atoms with van der Waals surface area (Å²) in [5, 5.41) is 408. The van der Waals surface area contributed by atoms with Gasteiger partial charge in [0.15, 0.2) is 75.5 Å². The average molecular weight is 2050 g/mol. The van der Waals surface area contributed by atoms with Crippen molar-refractivity contribution < 1.29 is 302 Å². The Kier molecular flexibility index (Phi) is 41.0. The van der Waals surface area contributed by atoms with Gasteiger partial charge in [-0.3, -0.25) is 9.59 Å². The second-order valence-electron chi connectivity index (χ2n) is 35.2. The van der Waals surface area contributed by atoms with Crippen molar-refractivity contribution in [1.82, 2.24) is 10.6 Å². The lowest BCUT2D eigenvalue weighted by molar-refractivity contribution is -0.411. The topological polar surface area (TPSA) is 999 Å². The second-order valence-corrected chi connectivity index (χ2v) is 35.2. The van der Waals surface area contributed by atoms with Crippen LogP contribution in [-0.4, -0.2) is 643 Å². The van der Waals surface area contributed by atoms with Crippen LogP contribution < -0.4 is 10.6 Å². The van der Waals surface area contributed by atoms with Crippen LogP contribution in [0.2, 0.25) is 0 Å². The first-order valence-corrected chi connectivity index (χ1v) is 44.2. The zero-order chi connectivity index (χ0) is 102. The molecular weight excluding hydrogens is 1920 g/mol. The highest BCUT2D eigenvalue weighted by atomic mass is 16.8. The SMILES string of the molecule is CC(=O)N[C@@H]1[C@@H](O)[C@H](O[C@@H]2O[C@H](CO)[C@@H](O[C@@H]3O[C@H](CO[C@H]4O[C@H](CO[C@H]5O[C@H](CO)[C@@H](O)[C@H](O)[C@@H]5O)[C@@H](O)[C@H](O[C@H]5O[C@H](CO)[C@@H](O)[C@H](O)[C@@H]5O)[C@@H]4O)[C@@H](O)[C@H](O[C@H]4O[C@H](CO[C@H]5O[C@H](CO)[C@@H](O)[C@H](O)[C@@H]5O[C@H]5O[C@H](CO)[C@@H](O)[C@H](O[C@H]6O[C@H](CO)[C@@H](O)[C@H](O)[C@@H]6O)[C@@H]5O)[C@@H](O)[C@H](O)[C@@H]4O[C@H]4O[C@H](CO)[C@@H](O)[C@H](O)[C@@H]4O[C@H]4O[C@H](CO)[C@@H](O)[C@H](O)[C@@H]4O)[C@@H]3O)[C@H](O)[C@H]2NC(C)=O)[C@@H](CO)O[C@H]1O. The van der Waals surface area contributed by atoms with Crippen molar-refractivity contribution >= 4 is 11.8 Å². The van der Waals surface area contributed by atoms with Crippen LogP contribution in [0.1, 0.15) is 13.8 Å². The van der Waals surface area contributed by atoms with E-state index in [-0.39, 0.29) is 0 Å². The van der Waals surface area contributed by atoms with E-state index in [9.17, 15) is 193 Å². The van der Waals surface area contributed by atoms with Crippen molar-refractivity contribution in [3.05, 3.63) is 0 Å². The molecule has 12 aliphatic heterocycles. The number of amides is 2. The Hall–Kier alpha value is -3.42. The minimum atomic E-state index is -2.82. The van der Waals surface area contributed by atoms with Gasteiger partial charge in [-0.25, -0.2) is 0 Å². The second kappa shape index (κ2) is 49.8. The molecule has 0 bridgehead atoms. The van der Waals surface area contributed by atoms with Crippen molar-refractivity contribution in [1.29, 1.82) is 0 Å². The standard InChI is InChI=1S/C76H128N2O61/c1-15(88)77-29-41(100)57(24(10-86)120-65(29)116)132-66-30(78-16(2)89)42(101)58(25(11-87)128-66)133-73-56(115)61(40(99)28(130-73)14-118-68-54(113)60(135-70-52(111)45(104)33(92)19(5-81)123-70)39(98)27(129-68)13-117-67-50(109)43(102)31(90)17(3-79)121-67)136-76-64(139-75-63(48(107)36(95)22(8-84)127-75)138-71-53(112)46(105)34(93)20(6-82)124-71)49(108)37(96)26(131-76)12-119-74-62(47(106)35(94)21(7-83)126-74)137-72-55(114)59(38(97)23(9-85)125-72)134-69-51(110)44(103)32(91)18(4-80)122-69/h17-76,79-87,90-116H,3-14H2,1-2H3,(H,77,88)(H,78,89)/t17-,18-,19-,20-,21-,22-,23-,24-,25-,26-,27-,28-,29-,30-,31-,32-,33-,34-,35-,36-,37-,38-,39-,40-,41-,42-,43+,44+,45+,46+,47+,48+,49+,50+,51+,52+,53+,54+,55+,56+,57-,58-,59+,60+,61+,62+,63+,64+,65-,66+,67+,68+,69-,70-,71-,72-,73+,74+,75-,76-/m1/s1. The predicted octanol–water partition coefficient (Wildman–Crippen LogP) is -26.9. The molecule has 12 rings (SSSR count). The normalized spacial score (nSPS) is 51.9. The summed E-state index contributed by atoms with van der Waals surface area (Å²) in [6.07, 6.45) is -130. The molecule has 0 aliphatic carbocycles. The summed E-state index contributed by atoms with van der Waals surface area (Å²) >= 11 is 0. The molecule has 808 valence electrons. The fourth-order valence-electron chi connectivity index (χ4n) is 17.9. The predicted molar refractivity (Wildman–Crippen MR) is 418 cm³/mol. The molecule has 38 N–H and O–H groups in total. The number of carbonyl (C=O) groups excluding carboxylic acids is 2. The third-order valence-electron chi connectivity index (χ3n) is 25.9. The number of nitrogens with one attached hydrogen (secondary N) is 2. The van der Waals surface area contributed by atoms with E-state index in [1.54, 1.807) is 0 Å². The van der Waals surface area contributed by atoms with Crippen LogP contribution in [0, 0.1) is 0 Å². The van der Waals surface area contributed by atoms with E-state index >= 15 is 0 Å². The van der Waals surface area contributed by atoms with Gasteiger partial charge >= 0.3 is 0 Å². The first-order valence-electron chi connectivity index (χ1n) is 44.2. The number of carbonyl (C=O) groups is 2. The molecule has 63 nitrogen and oxygen atoms in total. The lowest BCUT2D eigenvalue weighted by Crippen LogP contribution is -2.70. The Morgan fingerprint density at radius 2 is 0.396 bits per heavy atom. The van der Waals surface area contributed by atoms with Crippen molar-refractivity contribution in [3.8, 4) is 0 Å². The van der Waals surface area contributed by atoms with Crippen molar-refractivity contribution in [2.75, 3.05) is 79.3 Å². The molecule has 0 aromatic rings. The zero-order valence-corrected chi connectivity index (χ0v) is 73.4. The van der Waals surface area contributed by atoms with Gasteiger partial charge in [0.2, 0.25) is 11.8 Å². The molecule has 0 spiro atoms. The van der Waals surface area contributed by atoms with Gasteiger partial charge in [0.1, 0.15) is 293 Å². The van der Waals surface area contributed by atoms with Gasteiger partial charge < -0.3 is 303 Å². The largest absolute Gasteiger partial charge is 0.394 e. The summed E-state index contributed by atoms with van der Waals surface area (Å²) in [5.74, 6) is -1.87. The number of rotatable bonds is 36. The zero-order valence-electron chi connectivity index (χ0n) is 73.4. The number of hydrogen-bond acceptors (Lipinski definition) is 61. The van der Waals surface area contributed by atoms with E-state index in [0.717, 1.165) is 13.8 Å². The summed E-state index contributed by atoms with van der Waals surface area (Å²) in [6.45, 7) is -12.2. The lowest BCUT2D eigenvalue weighted by atomic mass is 9.94. The molecule has 139 heavy (non-hydrogen) atoms. The van der Waals surface area contributed by atoms with Crippen LogP contribution >= 0.6 is 0 Å². The fraction of sp³-hybridized carbons (Fsp3) is 0.974. The van der Waals surface area contributed by atoms with Crippen molar-refractivity contribution in [3.63, 3.8) is 0 Å². The molecule has 0 unspecified atom stereocenters. The Balaban J connectivity index is 0.919. The maximum atomic E-state index is 13.2. The molecule has 12 fully saturated rings. The van der Waals surface area contributed by atoms with Crippen LogP contribution in [0.5, 0.6) is 0 Å². The maximum Gasteiger partial charge on any atom is 0.217 e. The smallest absolute Gasteiger partial charge is 0.217 e. The van der Waals surface area contributed by atoms with Crippen LogP contribution in [0.15, 0.2) is 0 Å². The molecule has 0 aromatic heterocycles. The number of ether oxygens (including phenoxy) is 23. The summed E-state index contributed by atoms with van der Waals surface area (Å²) in [6, 6.07) is -3.79. The molecule has 12 aliphatic rings. The number of hydrogen-bond donors (Lipinski definition) is 38. The molecule has 0 aromatic carbocycles. The average Bonchev–Trinajstić information content (AvgIpc) is 0.761. The number of aliphatic hydroxyl groups excluding tert-OH is 36. The summed E-state index contributed by atoms with van der Waals surface area (Å²) in [7, 11) is 0. The lowest BCUT2D eigenvalue weighted by Gasteiger charge is -2.51. The Bertz CT molecular complexity index is 3730. The number of aliphatic hydroxyl groups is 36. The molecule has 60 atom stereocenters. The van der Waals surface area contributed by atoms with Crippen LogP contribution in [0.25, 0.3) is 0 Å². The van der Waals surface area contributed by atoms with Gasteiger partial charge in [0.05, 0.1) is 79.3 Å². The van der Waals surface area contributed by atoms with Crippen LogP contribution in [-0.2, 0) is 119 Å². The molecular formula is C76H128N2O61. The Morgan fingerprint density at radius 1 is 0.187 bits per heavy atom. The summed E-state index contributed by atoms with van der Waals surface area (Å²) in [5.41, 5.74) is 0. The fourth-order valence-corrected chi connectivity index (χ4v) is 17.9. The molecule has 2 amide bonds. The van der Waals surface area contributed by atoms with Gasteiger partial charge in [-0.05, 0) is 0 Å². The molecule has 0 radical (unpaired) electrons. The van der Waals surface area contributed by atoms with Gasteiger partial charge in [-0.15, -0.1) is 0 Å². The van der Waals surface area contributed by atoms with E-state index in [4.69, 9.17) is 109 Å². The first kappa shape index (κ1) is 114. The summed E-state index contributed by atoms with van der Waals surface area (Å²) < 4.78 is 135. The van der Waals surface area contributed by atoms with Crippen LogP contribution in [0.3, 0.4) is 0 Å². The minimum absolute atomic E-state index is 0.844. The van der Waals surface area contributed by atoms with E-state index in [0.29, 0.717) is 0 Å². The van der Waals surface area contributed by atoms with E-state index < -0.39 is 459 Å². The van der Waals surface area contributed by atoms with E-state index in [2.05, 4.69) is 10.6 Å². The van der Waals surface area contributed by atoms with Crippen LogP contribution in [0.4, 0.5) is 0 Å². The van der Waals surface area contributed by atoms with E-state index in [1.165, 1.54) is 0 Å². The highest BCUT2D eigenvalue weighted by molar-refractivity contribution is 5.73. The first-order chi connectivity index (χ1) is 65.8. The highest BCUT2D eigenvalue weighted by Crippen LogP contribution is 2.42. The van der Waals surface area contributed by atoms with Gasteiger partial charge in [0.25, 0.3) is 0 Å². The molecule has 12 heterocycles. The monoisotopic (exact) mass is 2040 g/mol. The molecule has 12 saturated heterocycles. The molecule has 0 saturated carbocycles. The van der Waals surface area contributed by atoms with E-state index in [1.807, 2.05) is 0 Å². The van der Waals surface area contributed by atoms with Crippen molar-refractivity contribution in [2.24, 2.45) is 0 Å². The quantitative estimate of drug-likeness (QED) is 0.0277. The Morgan fingerprint density at radius 3 is 0.777 bits per heavy atom. The third kappa shape index (κ3) is 24.7. The van der Waals surface area contributed by atoms with Gasteiger partial charge in [-0.1, -0.05) is 0 Å². The van der Waals surface area contributed by atoms with Gasteiger partial charge in [0, 0.05) is 13.8 Å². The summed E-state index contributed by atoms with van der Waals surface area (Å²) in [4.78, 5) is 25.5. The molecule has 63 heteroatoms. The highest BCUT2D eigenvalue weighted by Gasteiger charge is 2.63. The van der Waals surface area contributed by atoms with Gasteiger partial charge in [-0.2, -0.15) is 0 Å². The maximum absolute atomic E-state index is 13.2.